The summed E-state index contributed by atoms with van der Waals surface area (Å²) in [6.07, 6.45) is 1.54. The van der Waals surface area contributed by atoms with E-state index in [0.29, 0.717) is 0 Å². The van der Waals surface area contributed by atoms with E-state index < -0.39 is 0 Å². The third-order valence-electron chi connectivity index (χ3n) is 4.08. The molecule has 2 aromatic heterocycles. The molecule has 0 aliphatic carbocycles. The van der Waals surface area contributed by atoms with Crippen molar-refractivity contribution in [3.8, 4) is 5.75 Å². The summed E-state index contributed by atoms with van der Waals surface area (Å²) in [7, 11) is 1.61. The van der Waals surface area contributed by atoms with Gasteiger partial charge in [-0.3, -0.25) is 4.79 Å². The predicted molar refractivity (Wildman–Crippen MR) is 105 cm³/mol. The third kappa shape index (κ3) is 3.99. The first-order valence-electron chi connectivity index (χ1n) is 8.12. The fourth-order valence-corrected chi connectivity index (χ4v) is 4.52. The summed E-state index contributed by atoms with van der Waals surface area (Å²) in [5.74, 6) is 0.641. The quantitative estimate of drug-likeness (QED) is 0.353. The molecule has 0 bridgehead atoms. The van der Waals surface area contributed by atoms with E-state index in [4.69, 9.17) is 9.47 Å². The van der Waals surface area contributed by atoms with Gasteiger partial charge in [0.15, 0.2) is 0 Å². The van der Waals surface area contributed by atoms with Crippen molar-refractivity contribution >= 4 is 39.3 Å². The molecule has 1 aromatic carbocycles. The second-order valence-corrected chi connectivity index (χ2v) is 8.07. The summed E-state index contributed by atoms with van der Waals surface area (Å²) < 4.78 is 10.7. The molecule has 7 heteroatoms. The summed E-state index contributed by atoms with van der Waals surface area (Å²) >= 11 is 3.03. The van der Waals surface area contributed by atoms with E-state index in [0.717, 1.165) is 32.1 Å². The number of rotatable bonds is 6. The van der Waals surface area contributed by atoms with Crippen LogP contribution in [0.1, 0.15) is 21.6 Å². The Morgan fingerprint density at radius 2 is 2.04 bits per heavy atom. The monoisotopic (exact) mass is 388 g/mol. The van der Waals surface area contributed by atoms with Crippen LogP contribution < -0.4 is 4.74 Å². The van der Waals surface area contributed by atoms with Crippen molar-refractivity contribution in [2.75, 3.05) is 12.9 Å². The third-order valence-corrected chi connectivity index (χ3v) is 6.16. The van der Waals surface area contributed by atoms with E-state index >= 15 is 0 Å². The fourth-order valence-electron chi connectivity index (χ4n) is 2.61. The molecular formula is C19H20N2O3S2. The van der Waals surface area contributed by atoms with E-state index in [9.17, 15) is 4.79 Å². The molecule has 0 aliphatic rings. The van der Waals surface area contributed by atoms with Crippen molar-refractivity contribution in [2.45, 2.75) is 32.4 Å². The van der Waals surface area contributed by atoms with Crippen molar-refractivity contribution in [1.82, 2.24) is 9.97 Å². The summed E-state index contributed by atoms with van der Waals surface area (Å²) in [4.78, 5) is 23.0. The fraction of sp³-hybridized carbons (Fsp3) is 0.316. The van der Waals surface area contributed by atoms with Gasteiger partial charge in [-0.25, -0.2) is 9.97 Å². The van der Waals surface area contributed by atoms with Gasteiger partial charge in [-0.1, -0.05) is 23.4 Å². The maximum Gasteiger partial charge on any atom is 0.316 e. The van der Waals surface area contributed by atoms with E-state index in [1.54, 1.807) is 24.8 Å². The van der Waals surface area contributed by atoms with Gasteiger partial charge in [0, 0.05) is 15.8 Å². The number of methoxy groups -OCH3 is 1. The number of hydrogen-bond acceptors (Lipinski definition) is 7. The maximum atomic E-state index is 12.2. The van der Waals surface area contributed by atoms with Gasteiger partial charge in [-0.15, -0.1) is 11.3 Å². The van der Waals surface area contributed by atoms with Crippen molar-refractivity contribution in [3.05, 3.63) is 46.1 Å². The van der Waals surface area contributed by atoms with Gasteiger partial charge < -0.3 is 9.47 Å². The Morgan fingerprint density at radius 3 is 2.81 bits per heavy atom. The first kappa shape index (κ1) is 18.7. The van der Waals surface area contributed by atoms with Crippen LogP contribution in [0.25, 0.3) is 10.2 Å². The predicted octanol–water partition coefficient (Wildman–Crippen LogP) is 4.46. The lowest BCUT2D eigenvalue weighted by Crippen LogP contribution is -2.08. The van der Waals surface area contributed by atoms with Crippen LogP contribution in [0.5, 0.6) is 5.75 Å². The minimum atomic E-state index is -0.282. The molecule has 0 radical (unpaired) electrons. The van der Waals surface area contributed by atoms with Gasteiger partial charge in [0.2, 0.25) is 0 Å². The lowest BCUT2D eigenvalue weighted by atomic mass is 10.1. The van der Waals surface area contributed by atoms with Crippen LogP contribution in [0.2, 0.25) is 0 Å². The maximum absolute atomic E-state index is 12.2. The number of esters is 1. The number of ether oxygens (including phenoxy) is 2. The average molecular weight is 389 g/mol. The molecule has 0 saturated heterocycles. The number of aryl methyl sites for hydroxylation is 3. The zero-order valence-electron chi connectivity index (χ0n) is 15.2. The first-order valence-corrected chi connectivity index (χ1v) is 9.92. The SMILES string of the molecule is COc1ccc(C)cc1COC(=O)CSc1ncnc2sc(C)c(C)c12. The highest BCUT2D eigenvalue weighted by Crippen LogP contribution is 2.34. The molecule has 26 heavy (non-hydrogen) atoms. The Morgan fingerprint density at radius 1 is 1.23 bits per heavy atom. The molecule has 5 nitrogen and oxygen atoms in total. The highest BCUT2D eigenvalue weighted by molar-refractivity contribution is 8.00. The average Bonchev–Trinajstić information content (AvgIpc) is 2.93. The highest BCUT2D eigenvalue weighted by Gasteiger charge is 2.14. The van der Waals surface area contributed by atoms with Gasteiger partial charge in [-0.05, 0) is 38.5 Å². The minimum absolute atomic E-state index is 0.194. The van der Waals surface area contributed by atoms with Gasteiger partial charge in [0.1, 0.15) is 28.5 Å². The molecule has 0 N–H and O–H groups in total. The van der Waals surface area contributed by atoms with Crippen molar-refractivity contribution in [1.29, 1.82) is 0 Å². The topological polar surface area (TPSA) is 61.3 Å². The zero-order valence-corrected chi connectivity index (χ0v) is 16.8. The van der Waals surface area contributed by atoms with Gasteiger partial charge >= 0.3 is 5.97 Å². The molecule has 0 spiro atoms. The van der Waals surface area contributed by atoms with Gasteiger partial charge in [0.25, 0.3) is 0 Å². The van der Waals surface area contributed by atoms with Crippen LogP contribution in [0, 0.1) is 20.8 Å². The van der Waals surface area contributed by atoms with Crippen LogP contribution in [0.4, 0.5) is 0 Å². The van der Waals surface area contributed by atoms with Crippen LogP contribution in [-0.4, -0.2) is 28.8 Å². The second kappa shape index (κ2) is 8.05. The number of nitrogens with zero attached hydrogens (tertiary/aromatic N) is 2. The van der Waals surface area contributed by atoms with E-state index in [1.807, 2.05) is 25.1 Å². The Bertz CT molecular complexity index is 953. The molecule has 0 fully saturated rings. The lowest BCUT2D eigenvalue weighted by Gasteiger charge is -2.10. The molecule has 0 amide bonds. The van der Waals surface area contributed by atoms with E-state index in [1.165, 1.54) is 22.2 Å². The molecule has 3 rings (SSSR count). The standard InChI is InChI=1S/C19H20N2O3S2/c1-11-5-6-15(23-4)14(7-11)8-24-16(22)9-25-18-17-12(2)13(3)26-19(17)21-10-20-18/h5-7,10H,8-9H2,1-4H3. The van der Waals surface area contributed by atoms with Gasteiger partial charge in [0.05, 0.1) is 12.9 Å². The molecule has 0 saturated carbocycles. The van der Waals surface area contributed by atoms with Crippen molar-refractivity contribution in [2.24, 2.45) is 0 Å². The molecule has 2 heterocycles. The summed E-state index contributed by atoms with van der Waals surface area (Å²) in [6, 6.07) is 5.81. The number of carbonyl (C=O) groups excluding carboxylic acids is 1. The summed E-state index contributed by atoms with van der Waals surface area (Å²) in [5.41, 5.74) is 3.13. The molecule has 0 aliphatic heterocycles. The Labute approximate surface area is 160 Å². The number of thioether (sulfide) groups is 1. The van der Waals surface area contributed by atoms with Crippen LogP contribution in [0.3, 0.4) is 0 Å². The number of aromatic nitrogens is 2. The Hall–Kier alpha value is -2.12. The molecule has 136 valence electrons. The minimum Gasteiger partial charge on any atom is -0.496 e. The normalized spacial score (nSPS) is 10.9. The highest BCUT2D eigenvalue weighted by atomic mass is 32.2. The molecular weight excluding hydrogens is 368 g/mol. The lowest BCUT2D eigenvalue weighted by molar-refractivity contribution is -0.141. The molecule has 3 aromatic rings. The smallest absolute Gasteiger partial charge is 0.316 e. The summed E-state index contributed by atoms with van der Waals surface area (Å²) in [6.45, 7) is 6.32. The van der Waals surface area contributed by atoms with Crippen LogP contribution >= 0.6 is 23.1 Å². The second-order valence-electron chi connectivity index (χ2n) is 5.91. The van der Waals surface area contributed by atoms with Gasteiger partial charge in [-0.2, -0.15) is 0 Å². The van der Waals surface area contributed by atoms with Crippen molar-refractivity contribution < 1.29 is 14.3 Å². The van der Waals surface area contributed by atoms with Crippen molar-refractivity contribution in [3.63, 3.8) is 0 Å². The number of hydrogen-bond donors (Lipinski definition) is 0. The number of benzene rings is 1. The Kier molecular flexibility index (Phi) is 5.78. The molecule has 0 atom stereocenters. The van der Waals surface area contributed by atoms with Crippen LogP contribution in [-0.2, 0) is 16.1 Å². The molecule has 0 unspecified atom stereocenters. The van der Waals surface area contributed by atoms with E-state index in [2.05, 4.69) is 23.8 Å². The van der Waals surface area contributed by atoms with Crippen LogP contribution in [0.15, 0.2) is 29.6 Å². The van der Waals surface area contributed by atoms with E-state index in [-0.39, 0.29) is 18.3 Å². The largest absolute Gasteiger partial charge is 0.496 e. The summed E-state index contributed by atoms with van der Waals surface area (Å²) in [5, 5.41) is 1.86. The number of carbonyl (C=O) groups is 1. The number of fused-ring (bicyclic) bond motifs is 1. The first-order chi connectivity index (χ1) is 12.5. The Balaban J connectivity index is 1.64. The zero-order chi connectivity index (χ0) is 18.7. The number of thiophene rings is 1.